The number of aryl methyl sites for hydroxylation is 1. The van der Waals surface area contributed by atoms with Gasteiger partial charge in [0, 0.05) is 44.0 Å². The zero-order valence-corrected chi connectivity index (χ0v) is 23.8. The van der Waals surface area contributed by atoms with Crippen molar-refractivity contribution < 1.29 is 14.3 Å². The molecule has 40 heavy (non-hydrogen) atoms. The minimum atomic E-state index is -0.432. The molecule has 0 spiro atoms. The number of anilines is 2. The molecule has 0 bridgehead atoms. The Hall–Kier alpha value is -4.37. The van der Waals surface area contributed by atoms with Gasteiger partial charge in [-0.3, -0.25) is 4.79 Å². The number of ether oxygens (including phenoxy) is 1. The van der Waals surface area contributed by atoms with Gasteiger partial charge in [0.2, 0.25) is 5.91 Å². The first-order chi connectivity index (χ1) is 19.3. The van der Waals surface area contributed by atoms with Crippen molar-refractivity contribution >= 4 is 35.0 Å². The number of carbonyl (C=O) groups is 2. The van der Waals surface area contributed by atoms with E-state index in [9.17, 15) is 9.59 Å². The van der Waals surface area contributed by atoms with Crippen molar-refractivity contribution in [3.05, 3.63) is 94.8 Å². The molecule has 0 unspecified atom stereocenters. The Labute approximate surface area is 237 Å². The summed E-state index contributed by atoms with van der Waals surface area (Å²) in [6.45, 7) is 10.3. The van der Waals surface area contributed by atoms with Gasteiger partial charge in [-0.15, -0.1) is 0 Å². The highest BCUT2D eigenvalue weighted by Gasteiger charge is 2.27. The van der Waals surface area contributed by atoms with Crippen molar-refractivity contribution in [2.45, 2.75) is 45.6 Å². The Morgan fingerprint density at radius 3 is 2.40 bits per heavy atom. The van der Waals surface area contributed by atoms with Crippen LogP contribution in [0.3, 0.4) is 0 Å². The van der Waals surface area contributed by atoms with Gasteiger partial charge in [0.15, 0.2) is 5.69 Å². The van der Waals surface area contributed by atoms with E-state index in [-0.39, 0.29) is 11.8 Å². The fraction of sp³-hybridized carbons (Fsp3) is 0.324. The van der Waals surface area contributed by atoms with Gasteiger partial charge < -0.3 is 14.5 Å². The van der Waals surface area contributed by atoms with Crippen LogP contribution in [0.1, 0.15) is 48.8 Å². The van der Waals surface area contributed by atoms with Crippen LogP contribution in [0.25, 0.3) is 22.0 Å². The van der Waals surface area contributed by atoms with E-state index in [2.05, 4.69) is 34.9 Å². The lowest BCUT2D eigenvalue weighted by Gasteiger charge is -2.30. The summed E-state index contributed by atoms with van der Waals surface area (Å²) in [5, 5.41) is 0. The Morgan fingerprint density at radius 1 is 0.975 bits per heavy atom. The molecule has 0 aromatic heterocycles. The number of carbonyl (C=O) groups excluding carboxylic acids is 2. The predicted octanol–water partition coefficient (Wildman–Crippen LogP) is 7.58. The lowest BCUT2D eigenvalue weighted by Crippen LogP contribution is -2.36. The second-order valence-electron chi connectivity index (χ2n) is 10.6. The van der Waals surface area contributed by atoms with E-state index in [1.807, 2.05) is 61.5 Å². The minimum Gasteiger partial charge on any atom is -0.466 e. The molecule has 0 atom stereocenters. The lowest BCUT2D eigenvalue weighted by atomic mass is 9.88. The molecule has 1 amide bonds. The van der Waals surface area contributed by atoms with Crippen molar-refractivity contribution in [2.24, 2.45) is 5.92 Å². The monoisotopic (exact) mass is 535 g/mol. The summed E-state index contributed by atoms with van der Waals surface area (Å²) in [6.07, 6.45) is 8.15. The molecule has 0 aliphatic heterocycles. The fourth-order valence-electron chi connectivity index (χ4n) is 5.30. The average Bonchev–Trinajstić information content (AvgIpc) is 2.98. The minimum absolute atomic E-state index is 0.0134. The van der Waals surface area contributed by atoms with Crippen LogP contribution in [0.5, 0.6) is 0 Å². The maximum atomic E-state index is 13.9. The van der Waals surface area contributed by atoms with Crippen molar-refractivity contribution in [1.82, 2.24) is 0 Å². The number of rotatable bonds is 8. The maximum Gasteiger partial charge on any atom is 0.330 e. The summed E-state index contributed by atoms with van der Waals surface area (Å²) in [5.74, 6) is -0.336. The quantitative estimate of drug-likeness (QED) is 0.170. The summed E-state index contributed by atoms with van der Waals surface area (Å²) in [5.41, 5.74) is 7.18. The van der Waals surface area contributed by atoms with Crippen molar-refractivity contribution in [3.63, 3.8) is 0 Å². The van der Waals surface area contributed by atoms with Gasteiger partial charge in [-0.1, -0.05) is 55.7 Å². The fourth-order valence-corrected chi connectivity index (χ4v) is 5.30. The second-order valence-corrected chi connectivity index (χ2v) is 10.6. The largest absolute Gasteiger partial charge is 0.466 e. The van der Waals surface area contributed by atoms with Crippen LogP contribution >= 0.6 is 0 Å². The van der Waals surface area contributed by atoms with E-state index in [0.29, 0.717) is 12.2 Å². The van der Waals surface area contributed by atoms with Gasteiger partial charge in [0.1, 0.15) is 0 Å². The molecule has 1 aliphatic rings. The van der Waals surface area contributed by atoms with Gasteiger partial charge in [-0.05, 0) is 77.9 Å². The van der Waals surface area contributed by atoms with Gasteiger partial charge in [-0.2, -0.15) is 0 Å². The molecule has 3 aromatic carbocycles. The first kappa shape index (κ1) is 28.6. The highest BCUT2D eigenvalue weighted by molar-refractivity contribution is 5.96. The summed E-state index contributed by atoms with van der Waals surface area (Å²) >= 11 is 0. The van der Waals surface area contributed by atoms with Gasteiger partial charge in [-0.25, -0.2) is 9.64 Å². The van der Waals surface area contributed by atoms with E-state index in [0.717, 1.165) is 64.9 Å². The van der Waals surface area contributed by atoms with Gasteiger partial charge >= 0.3 is 5.97 Å². The van der Waals surface area contributed by atoms with Crippen LogP contribution in [0.2, 0.25) is 0 Å². The SMILES string of the molecule is [C-]#[N+]c1cc(CN(C(=O)C2CCCCC2)c2cccc(/C=C/C(=O)OC)c2)ccc1-c1ccc(N(C)C)cc1C. The van der Waals surface area contributed by atoms with E-state index < -0.39 is 5.97 Å². The van der Waals surface area contributed by atoms with Crippen LogP contribution in [0.4, 0.5) is 17.1 Å². The zero-order chi connectivity index (χ0) is 28.6. The predicted molar refractivity (Wildman–Crippen MR) is 162 cm³/mol. The van der Waals surface area contributed by atoms with E-state index in [1.165, 1.54) is 19.6 Å². The highest BCUT2D eigenvalue weighted by atomic mass is 16.5. The third-order valence-electron chi connectivity index (χ3n) is 7.56. The molecule has 0 heterocycles. The third kappa shape index (κ3) is 6.79. The van der Waals surface area contributed by atoms with Gasteiger partial charge in [0.05, 0.1) is 13.7 Å². The summed E-state index contributed by atoms with van der Waals surface area (Å²) in [6, 6.07) is 19.8. The highest BCUT2D eigenvalue weighted by Crippen LogP contribution is 2.36. The van der Waals surface area contributed by atoms with Crippen LogP contribution in [-0.4, -0.2) is 33.1 Å². The summed E-state index contributed by atoms with van der Waals surface area (Å²) in [7, 11) is 5.37. The molecule has 6 nitrogen and oxygen atoms in total. The molecule has 206 valence electrons. The normalized spacial score (nSPS) is 13.6. The van der Waals surface area contributed by atoms with Crippen molar-refractivity contribution in [3.8, 4) is 11.1 Å². The Balaban J connectivity index is 1.68. The Bertz CT molecular complexity index is 1450. The summed E-state index contributed by atoms with van der Waals surface area (Å²) < 4.78 is 4.72. The molecular weight excluding hydrogens is 498 g/mol. The van der Waals surface area contributed by atoms with Gasteiger partial charge in [0.25, 0.3) is 0 Å². The van der Waals surface area contributed by atoms with E-state index in [1.54, 1.807) is 6.08 Å². The number of nitrogens with zero attached hydrogens (tertiary/aromatic N) is 3. The van der Waals surface area contributed by atoms with Crippen molar-refractivity contribution in [2.75, 3.05) is 31.0 Å². The number of benzene rings is 3. The van der Waals surface area contributed by atoms with Crippen LogP contribution in [-0.2, 0) is 20.9 Å². The smallest absolute Gasteiger partial charge is 0.330 e. The standard InChI is InChI=1S/C34H37N3O3/c1-24-20-28(36(3)4)16-18-30(24)31-17-14-26(22-32(31)35-2)23-37(34(39)27-11-7-6-8-12-27)29-13-9-10-25(21-29)15-19-33(38)40-5/h9-10,13-22,27H,6-8,11-12,23H2,1,3-5H3/b19-15+. The second kappa shape index (κ2) is 13.1. The molecule has 1 fully saturated rings. The molecule has 0 radical (unpaired) electrons. The molecule has 0 saturated heterocycles. The Morgan fingerprint density at radius 2 is 1.73 bits per heavy atom. The van der Waals surface area contributed by atoms with Crippen LogP contribution < -0.4 is 9.80 Å². The molecule has 1 aliphatic carbocycles. The zero-order valence-electron chi connectivity index (χ0n) is 23.8. The molecular formula is C34H37N3O3. The molecule has 6 heteroatoms. The van der Waals surface area contributed by atoms with E-state index in [4.69, 9.17) is 11.3 Å². The number of hydrogen-bond acceptors (Lipinski definition) is 4. The van der Waals surface area contributed by atoms with E-state index >= 15 is 0 Å². The Kier molecular flexibility index (Phi) is 9.39. The first-order valence-corrected chi connectivity index (χ1v) is 13.8. The molecule has 0 N–H and O–H groups in total. The average molecular weight is 536 g/mol. The number of esters is 1. The third-order valence-corrected chi connectivity index (χ3v) is 7.56. The molecule has 1 saturated carbocycles. The topological polar surface area (TPSA) is 54.2 Å². The van der Waals surface area contributed by atoms with Crippen LogP contribution in [0, 0.1) is 19.4 Å². The molecule has 4 rings (SSSR count). The lowest BCUT2D eigenvalue weighted by molar-refractivity contribution is -0.134. The summed E-state index contributed by atoms with van der Waals surface area (Å²) in [4.78, 5) is 33.3. The maximum absolute atomic E-state index is 13.9. The number of hydrogen-bond donors (Lipinski definition) is 0. The first-order valence-electron chi connectivity index (χ1n) is 13.8. The van der Waals surface area contributed by atoms with Crippen LogP contribution in [0.15, 0.2) is 66.7 Å². The molecule has 3 aromatic rings. The van der Waals surface area contributed by atoms with Crippen molar-refractivity contribution in [1.29, 1.82) is 0 Å². The number of amides is 1. The number of methoxy groups -OCH3 is 1.